The number of fused-ring (bicyclic) bond motifs is 1. The maximum atomic E-state index is 6.10. The summed E-state index contributed by atoms with van der Waals surface area (Å²) in [5.41, 5.74) is 9.07. The summed E-state index contributed by atoms with van der Waals surface area (Å²) in [6, 6.07) is 8.80. The van der Waals surface area contributed by atoms with Crippen molar-refractivity contribution in [1.82, 2.24) is 0 Å². The van der Waals surface area contributed by atoms with Crippen LogP contribution in [0.4, 0.5) is 5.69 Å². The largest absolute Gasteiger partial charge is 0.365 e. The predicted molar refractivity (Wildman–Crippen MR) is 79.0 cm³/mol. The van der Waals surface area contributed by atoms with E-state index in [-0.39, 0.29) is 5.54 Å². The van der Waals surface area contributed by atoms with Crippen molar-refractivity contribution in [3.8, 4) is 0 Å². The fraction of sp³-hybridized carbons (Fsp3) is 0.625. The lowest BCUT2D eigenvalue weighted by Crippen LogP contribution is -2.54. The normalized spacial score (nSPS) is 18.6. The van der Waals surface area contributed by atoms with E-state index in [2.05, 4.69) is 49.9 Å². The molecule has 0 aliphatic carbocycles. The molecule has 0 fully saturated rings. The summed E-state index contributed by atoms with van der Waals surface area (Å²) in [6.07, 6.45) is 3.59. The standard InChI is InChI=1S/C16H26N2/c1-13(2)11-16(3,12-17)18-10-6-8-14-7-4-5-9-15(14)18/h4-5,7,9,13H,6,8,10-12,17H2,1-3H3. The van der Waals surface area contributed by atoms with Crippen molar-refractivity contribution in [3.63, 3.8) is 0 Å². The molecule has 1 aromatic rings. The summed E-state index contributed by atoms with van der Waals surface area (Å²) in [6.45, 7) is 8.74. The molecule has 0 aromatic heterocycles. The molecule has 2 nitrogen and oxygen atoms in total. The van der Waals surface area contributed by atoms with Gasteiger partial charge in [0.15, 0.2) is 0 Å². The van der Waals surface area contributed by atoms with E-state index in [9.17, 15) is 0 Å². The van der Waals surface area contributed by atoms with Crippen LogP contribution in [0.15, 0.2) is 24.3 Å². The van der Waals surface area contributed by atoms with Crippen LogP contribution < -0.4 is 10.6 Å². The van der Waals surface area contributed by atoms with Crippen molar-refractivity contribution < 1.29 is 0 Å². The number of benzene rings is 1. The summed E-state index contributed by atoms with van der Waals surface area (Å²) in [7, 11) is 0. The molecule has 0 amide bonds. The smallest absolute Gasteiger partial charge is 0.0498 e. The van der Waals surface area contributed by atoms with E-state index < -0.39 is 0 Å². The van der Waals surface area contributed by atoms with Crippen LogP contribution in [0, 0.1) is 5.92 Å². The fourth-order valence-corrected chi connectivity index (χ4v) is 3.28. The molecule has 2 heteroatoms. The molecular formula is C16H26N2. The molecule has 18 heavy (non-hydrogen) atoms. The number of para-hydroxylation sites is 1. The highest BCUT2D eigenvalue weighted by molar-refractivity contribution is 5.57. The van der Waals surface area contributed by atoms with E-state index in [1.54, 1.807) is 0 Å². The Hall–Kier alpha value is -1.02. The van der Waals surface area contributed by atoms with Crippen molar-refractivity contribution in [2.45, 2.75) is 45.6 Å². The van der Waals surface area contributed by atoms with Crippen LogP contribution in [0.3, 0.4) is 0 Å². The number of aryl methyl sites for hydroxylation is 1. The van der Waals surface area contributed by atoms with Crippen molar-refractivity contribution >= 4 is 5.69 Å². The zero-order valence-corrected chi connectivity index (χ0v) is 11.9. The van der Waals surface area contributed by atoms with Gasteiger partial charge in [-0.2, -0.15) is 0 Å². The molecule has 1 aliphatic heterocycles. The highest BCUT2D eigenvalue weighted by Crippen LogP contribution is 2.35. The van der Waals surface area contributed by atoms with E-state index in [1.807, 2.05) is 0 Å². The topological polar surface area (TPSA) is 29.3 Å². The third kappa shape index (κ3) is 2.54. The predicted octanol–water partition coefficient (Wildman–Crippen LogP) is 3.20. The van der Waals surface area contributed by atoms with Crippen molar-refractivity contribution in [1.29, 1.82) is 0 Å². The molecule has 1 aromatic carbocycles. The Labute approximate surface area is 111 Å². The number of hydrogen-bond donors (Lipinski definition) is 1. The lowest BCUT2D eigenvalue weighted by molar-refractivity contribution is 0.341. The first-order valence-corrected chi connectivity index (χ1v) is 7.12. The minimum Gasteiger partial charge on any atom is -0.365 e. The van der Waals surface area contributed by atoms with E-state index in [0.29, 0.717) is 5.92 Å². The van der Waals surface area contributed by atoms with Gasteiger partial charge in [0, 0.05) is 24.3 Å². The van der Waals surface area contributed by atoms with Gasteiger partial charge in [-0.1, -0.05) is 32.0 Å². The molecule has 1 atom stereocenters. The summed E-state index contributed by atoms with van der Waals surface area (Å²) in [5.74, 6) is 0.674. The van der Waals surface area contributed by atoms with Gasteiger partial charge in [-0.05, 0) is 43.7 Å². The van der Waals surface area contributed by atoms with Gasteiger partial charge in [0.2, 0.25) is 0 Å². The molecule has 2 rings (SSSR count). The lowest BCUT2D eigenvalue weighted by atomic mass is 9.86. The van der Waals surface area contributed by atoms with Gasteiger partial charge in [0.05, 0.1) is 0 Å². The second kappa shape index (κ2) is 5.31. The SMILES string of the molecule is CC(C)CC(C)(CN)N1CCCc2ccccc21. The monoisotopic (exact) mass is 246 g/mol. The number of nitrogens with zero attached hydrogens (tertiary/aromatic N) is 1. The van der Waals surface area contributed by atoms with Crippen LogP contribution in [-0.2, 0) is 6.42 Å². The molecule has 0 saturated carbocycles. The van der Waals surface area contributed by atoms with E-state index in [0.717, 1.165) is 19.5 Å². The Bertz CT molecular complexity index is 400. The first-order valence-electron chi connectivity index (χ1n) is 7.12. The highest BCUT2D eigenvalue weighted by atomic mass is 15.2. The Morgan fingerprint density at radius 1 is 1.33 bits per heavy atom. The molecule has 0 spiro atoms. The van der Waals surface area contributed by atoms with Gasteiger partial charge < -0.3 is 10.6 Å². The lowest BCUT2D eigenvalue weighted by Gasteiger charge is -2.46. The van der Waals surface area contributed by atoms with Crippen LogP contribution in [-0.4, -0.2) is 18.6 Å². The van der Waals surface area contributed by atoms with E-state index >= 15 is 0 Å². The first-order chi connectivity index (χ1) is 8.57. The van der Waals surface area contributed by atoms with Crippen molar-refractivity contribution in [3.05, 3.63) is 29.8 Å². The number of hydrogen-bond acceptors (Lipinski definition) is 2. The Morgan fingerprint density at radius 3 is 2.72 bits per heavy atom. The Balaban J connectivity index is 2.33. The summed E-state index contributed by atoms with van der Waals surface area (Å²) in [4.78, 5) is 2.55. The van der Waals surface area contributed by atoms with Gasteiger partial charge in [-0.3, -0.25) is 0 Å². The maximum absolute atomic E-state index is 6.10. The molecule has 0 saturated heterocycles. The average molecular weight is 246 g/mol. The van der Waals surface area contributed by atoms with Gasteiger partial charge in [-0.15, -0.1) is 0 Å². The second-order valence-corrected chi connectivity index (χ2v) is 6.18. The van der Waals surface area contributed by atoms with Gasteiger partial charge >= 0.3 is 0 Å². The Kier molecular flexibility index (Phi) is 3.96. The molecule has 1 heterocycles. The third-order valence-corrected chi connectivity index (χ3v) is 4.05. The second-order valence-electron chi connectivity index (χ2n) is 6.18. The van der Waals surface area contributed by atoms with Crippen LogP contribution >= 0.6 is 0 Å². The third-order valence-electron chi connectivity index (χ3n) is 4.05. The zero-order chi connectivity index (χ0) is 13.2. The average Bonchev–Trinajstić information content (AvgIpc) is 2.37. The van der Waals surface area contributed by atoms with Crippen LogP contribution in [0.2, 0.25) is 0 Å². The van der Waals surface area contributed by atoms with Crippen molar-refractivity contribution in [2.24, 2.45) is 11.7 Å². The Morgan fingerprint density at radius 2 is 2.06 bits per heavy atom. The van der Waals surface area contributed by atoms with Gasteiger partial charge in [-0.25, -0.2) is 0 Å². The number of rotatable bonds is 4. The molecule has 0 bridgehead atoms. The summed E-state index contributed by atoms with van der Waals surface area (Å²) in [5, 5.41) is 0. The number of nitrogens with two attached hydrogens (primary N) is 1. The fourth-order valence-electron chi connectivity index (χ4n) is 3.28. The first kappa shape index (κ1) is 13.4. The van der Waals surface area contributed by atoms with Crippen LogP contribution in [0.25, 0.3) is 0 Å². The minimum atomic E-state index is 0.0880. The van der Waals surface area contributed by atoms with Gasteiger partial charge in [0.25, 0.3) is 0 Å². The summed E-state index contributed by atoms with van der Waals surface area (Å²) < 4.78 is 0. The minimum absolute atomic E-state index is 0.0880. The summed E-state index contributed by atoms with van der Waals surface area (Å²) >= 11 is 0. The van der Waals surface area contributed by atoms with Crippen molar-refractivity contribution in [2.75, 3.05) is 18.0 Å². The van der Waals surface area contributed by atoms with Crippen LogP contribution in [0.5, 0.6) is 0 Å². The number of anilines is 1. The molecule has 100 valence electrons. The van der Waals surface area contributed by atoms with E-state index in [4.69, 9.17) is 5.73 Å². The van der Waals surface area contributed by atoms with E-state index in [1.165, 1.54) is 24.1 Å². The maximum Gasteiger partial charge on any atom is 0.0498 e. The molecule has 0 radical (unpaired) electrons. The van der Waals surface area contributed by atoms with Gasteiger partial charge in [0.1, 0.15) is 0 Å². The molecule has 1 unspecified atom stereocenters. The quantitative estimate of drug-likeness (QED) is 0.884. The molecular weight excluding hydrogens is 220 g/mol. The van der Waals surface area contributed by atoms with Crippen LogP contribution in [0.1, 0.15) is 39.2 Å². The molecule has 1 aliphatic rings. The highest BCUT2D eigenvalue weighted by Gasteiger charge is 2.33. The molecule has 2 N–H and O–H groups in total. The zero-order valence-electron chi connectivity index (χ0n) is 11.9.